The van der Waals surface area contributed by atoms with Crippen molar-refractivity contribution in [2.75, 3.05) is 19.5 Å². The first kappa shape index (κ1) is 42.6. The van der Waals surface area contributed by atoms with Crippen LogP contribution in [-0.4, -0.2) is 101 Å². The predicted octanol–water partition coefficient (Wildman–Crippen LogP) is 1.44. The molecule has 21 heteroatoms. The number of carbonyl (C=O) groups is 4. The number of likely N-dealkylation sites (tertiary alicyclic amines) is 1. The first-order valence-corrected chi connectivity index (χ1v) is 20.2. The van der Waals surface area contributed by atoms with E-state index in [1.165, 1.54) is 24.3 Å². The lowest BCUT2D eigenvalue weighted by Gasteiger charge is -2.35. The smallest absolute Gasteiger partial charge is 0.344 e. The number of ether oxygens (including phenoxy) is 2. The van der Waals surface area contributed by atoms with E-state index < -0.39 is 64.6 Å². The Morgan fingerprint density at radius 3 is 2.42 bits per heavy atom. The average molecular weight is 777 g/mol. The van der Waals surface area contributed by atoms with Crippen LogP contribution < -0.4 is 16.1 Å². The van der Waals surface area contributed by atoms with Gasteiger partial charge in [0.15, 0.2) is 0 Å². The molecule has 0 bridgehead atoms. The summed E-state index contributed by atoms with van der Waals surface area (Å²) < 4.78 is 45.8. The van der Waals surface area contributed by atoms with E-state index in [2.05, 4.69) is 10.3 Å². The van der Waals surface area contributed by atoms with Crippen molar-refractivity contribution in [2.45, 2.75) is 101 Å². The minimum atomic E-state index is -4.39. The number of rotatable bonds is 16. The molecule has 2 heterocycles. The number of fused-ring (bicyclic) bond motifs is 1. The standard InChI is InChI=1S/C19H32N2O5.C12H15N3O9PS/c1-4-8-14(19(25)26-5-2)20-12(3)17(22)21-15-10-7-6-9-13(15)11-16(21)18(23)24;16-10(13-8-25(18,19)20)6-7-23-11-12(15(17)24-14-11)26(21,22)9-4-2-1-3-5-9/h12-16,20H,4-11H2,1-3H3,(H,23,24);1-5,14H,6-8H2,(H,13,16)(H2,18,19,20)/q;-1/t12-,13-,14-,15-,16-;/m0./s1. The molecule has 6 N–H and O–H groups in total. The quantitative estimate of drug-likeness (QED) is 0.102. The predicted molar refractivity (Wildman–Crippen MR) is 182 cm³/mol. The molecule has 52 heavy (non-hydrogen) atoms. The Bertz CT molecular complexity index is 1590. The van der Waals surface area contributed by atoms with Crippen LogP contribution in [0.25, 0.3) is 0 Å². The summed E-state index contributed by atoms with van der Waals surface area (Å²) >= 11 is 0. The zero-order valence-corrected chi connectivity index (χ0v) is 30.8. The van der Waals surface area contributed by atoms with Gasteiger partial charge in [-0.15, -0.1) is 0 Å². The van der Waals surface area contributed by atoms with Crippen LogP contribution in [0.5, 0.6) is 0 Å². The molecule has 0 aromatic heterocycles. The largest absolute Gasteiger partial charge is 0.731 e. The van der Waals surface area contributed by atoms with Crippen LogP contribution in [-0.2, 0) is 48.0 Å². The van der Waals surface area contributed by atoms with Gasteiger partial charge >= 0.3 is 19.5 Å². The molecule has 1 aromatic carbocycles. The van der Waals surface area contributed by atoms with Crippen LogP contribution >= 0.6 is 7.60 Å². The van der Waals surface area contributed by atoms with E-state index in [0.29, 0.717) is 19.4 Å². The van der Waals surface area contributed by atoms with Crippen molar-refractivity contribution in [3.8, 4) is 0 Å². The van der Waals surface area contributed by atoms with E-state index in [9.17, 15) is 42.5 Å². The molecule has 5 atom stereocenters. The Hall–Kier alpha value is -3.78. The number of hydroxylamine groups is 3. The van der Waals surface area contributed by atoms with Gasteiger partial charge in [0.2, 0.25) is 26.7 Å². The van der Waals surface area contributed by atoms with E-state index in [-0.39, 0.29) is 47.0 Å². The van der Waals surface area contributed by atoms with E-state index in [4.69, 9.17) is 19.3 Å². The molecule has 1 aliphatic carbocycles. The molecule has 0 unspecified atom stereocenters. The molecule has 3 aliphatic rings. The van der Waals surface area contributed by atoms with E-state index in [1.807, 2.05) is 17.7 Å². The topological polar surface area (TPSA) is 274 Å². The van der Waals surface area contributed by atoms with Gasteiger partial charge in [-0.3, -0.25) is 29.5 Å². The molecule has 4 rings (SSSR count). The molecule has 2 amide bonds. The van der Waals surface area contributed by atoms with Gasteiger partial charge in [0.05, 0.1) is 30.6 Å². The third-order valence-corrected chi connectivity index (χ3v) is 10.9. The summed E-state index contributed by atoms with van der Waals surface area (Å²) in [5, 5.41) is 25.2. The second kappa shape index (κ2) is 19.3. The second-order valence-corrected chi connectivity index (χ2v) is 15.9. The highest BCUT2D eigenvalue weighted by molar-refractivity contribution is 7.95. The van der Waals surface area contributed by atoms with Crippen molar-refractivity contribution in [1.82, 2.24) is 26.2 Å². The Kier molecular flexibility index (Phi) is 15.9. The second-order valence-electron chi connectivity index (χ2n) is 12.4. The van der Waals surface area contributed by atoms with Gasteiger partial charge in [0.1, 0.15) is 18.4 Å². The molecule has 0 spiro atoms. The first-order valence-electron chi connectivity index (χ1n) is 16.9. The van der Waals surface area contributed by atoms with Gasteiger partial charge in [-0.05, 0) is 57.6 Å². The van der Waals surface area contributed by atoms with Crippen molar-refractivity contribution in [1.29, 1.82) is 0 Å². The minimum absolute atomic E-state index is 0.00817. The number of carboxylic acids is 1. The van der Waals surface area contributed by atoms with Crippen LogP contribution in [0.4, 0.5) is 0 Å². The minimum Gasteiger partial charge on any atom is -0.731 e. The van der Waals surface area contributed by atoms with Gasteiger partial charge in [-0.25, -0.2) is 18.7 Å². The number of nitrogens with zero attached hydrogens (tertiary/aromatic N) is 2. The molecule has 2 fully saturated rings. The van der Waals surface area contributed by atoms with Gasteiger partial charge in [-0.2, -0.15) is 4.94 Å². The zero-order valence-electron chi connectivity index (χ0n) is 29.1. The van der Waals surface area contributed by atoms with Crippen molar-refractivity contribution >= 4 is 41.2 Å². The summed E-state index contributed by atoms with van der Waals surface area (Å²) in [6.45, 7) is 5.34. The maximum atomic E-state index is 13.1. The highest BCUT2D eigenvalue weighted by Gasteiger charge is 2.48. The number of aliphatic carboxylic acids is 1. The first-order chi connectivity index (χ1) is 24.5. The number of hydrogen-bond donors (Lipinski definition) is 6. The number of hydrogen-bond acceptors (Lipinski definition) is 14. The third-order valence-electron chi connectivity index (χ3n) is 8.54. The van der Waals surface area contributed by atoms with Gasteiger partial charge < -0.3 is 39.8 Å². The molecule has 1 saturated carbocycles. The molecule has 0 radical (unpaired) electrons. The van der Waals surface area contributed by atoms with Crippen molar-refractivity contribution < 1.29 is 61.5 Å². The fourth-order valence-corrected chi connectivity index (χ4v) is 7.89. The van der Waals surface area contributed by atoms with Crippen LogP contribution in [0.15, 0.2) is 46.1 Å². The highest BCUT2D eigenvalue weighted by Crippen LogP contribution is 2.40. The van der Waals surface area contributed by atoms with Gasteiger partial charge in [-0.1, -0.05) is 44.4 Å². The van der Waals surface area contributed by atoms with Crippen LogP contribution in [0.3, 0.4) is 0 Å². The van der Waals surface area contributed by atoms with Crippen LogP contribution in [0.2, 0.25) is 0 Å². The van der Waals surface area contributed by atoms with E-state index in [1.54, 1.807) is 24.8 Å². The van der Waals surface area contributed by atoms with Crippen LogP contribution in [0.1, 0.15) is 72.1 Å². The summed E-state index contributed by atoms with van der Waals surface area (Å²) in [6.07, 6.45) is 4.69. The van der Waals surface area contributed by atoms with Crippen molar-refractivity contribution in [2.24, 2.45) is 5.92 Å². The van der Waals surface area contributed by atoms with Crippen LogP contribution in [0, 0.1) is 11.1 Å². The fourth-order valence-electron chi connectivity index (χ4n) is 6.19. The summed E-state index contributed by atoms with van der Waals surface area (Å²) in [7, 11) is -8.63. The zero-order chi connectivity index (χ0) is 38.6. The maximum Gasteiger partial charge on any atom is 0.344 e. The monoisotopic (exact) mass is 776 g/mol. The molecule has 1 saturated heterocycles. The Labute approximate surface area is 301 Å². The number of benzene rings is 1. The van der Waals surface area contributed by atoms with Crippen molar-refractivity contribution in [3.63, 3.8) is 0 Å². The molecule has 19 nitrogen and oxygen atoms in total. The SMILES string of the molecule is CCC[C@H](N[C@@H](C)C(=O)N1[C@H](C(=O)O)C[C@@H]2CCCC[C@@H]21)C(=O)OCC.O=C(CCOC1=C(S(=O)(=O)c2ccccc2)N([O-])ON1)NCP(=O)(O)O. The normalized spacial score (nSPS) is 21.2. The number of nitrogens with one attached hydrogen (secondary N) is 3. The Morgan fingerprint density at radius 2 is 1.81 bits per heavy atom. The molecule has 292 valence electrons. The highest BCUT2D eigenvalue weighted by atomic mass is 32.2. The summed E-state index contributed by atoms with van der Waals surface area (Å²) in [4.78, 5) is 71.4. The molecule has 1 aromatic rings. The lowest BCUT2D eigenvalue weighted by Crippen LogP contribution is -2.55. The Morgan fingerprint density at radius 1 is 1.13 bits per heavy atom. The van der Waals surface area contributed by atoms with Crippen molar-refractivity contribution in [3.05, 3.63) is 46.5 Å². The van der Waals surface area contributed by atoms with E-state index >= 15 is 0 Å². The summed E-state index contributed by atoms with van der Waals surface area (Å²) in [6, 6.07) is 5.17. The number of sulfone groups is 1. The lowest BCUT2D eigenvalue weighted by molar-refractivity contribution is -0.152. The summed E-state index contributed by atoms with van der Waals surface area (Å²) in [5.41, 5.74) is 2.00. The molecular weight excluding hydrogens is 729 g/mol. The number of amides is 2. The molecular formula is C31H47N5O14PS-. The number of esters is 1. The summed E-state index contributed by atoms with van der Waals surface area (Å²) in [5.74, 6) is -2.49. The Balaban J connectivity index is 0.000000280. The lowest BCUT2D eigenvalue weighted by atomic mass is 9.84. The third kappa shape index (κ3) is 11.6. The maximum absolute atomic E-state index is 13.1. The average Bonchev–Trinajstić information content (AvgIpc) is 3.68. The van der Waals surface area contributed by atoms with Gasteiger partial charge in [0.25, 0.3) is 5.88 Å². The molecule has 2 aliphatic heterocycles. The van der Waals surface area contributed by atoms with E-state index in [0.717, 1.165) is 32.1 Å². The van der Waals surface area contributed by atoms with Gasteiger partial charge in [0, 0.05) is 6.04 Å². The fraction of sp³-hybridized carbons (Fsp3) is 0.613. The number of carboxylic acid groups (broad SMARTS) is 1. The number of carbonyl (C=O) groups excluding carboxylic acids is 3.